The molecule has 0 unspecified atom stereocenters. The van der Waals surface area contributed by atoms with Crippen LogP contribution in [-0.2, 0) is 33.3 Å². The SMILES string of the molecule is CCCCCC(=O)OCCOCCOCCOS(=O)(=O)c1ccccc1. The third kappa shape index (κ3) is 10.5. The van der Waals surface area contributed by atoms with E-state index in [-0.39, 0.29) is 30.7 Å². The maximum absolute atomic E-state index is 11.8. The first-order valence-corrected chi connectivity index (χ1v) is 10.2. The van der Waals surface area contributed by atoms with Crippen LogP contribution in [0.25, 0.3) is 0 Å². The molecule has 8 heteroatoms. The second-order valence-corrected chi connectivity index (χ2v) is 7.11. The van der Waals surface area contributed by atoms with E-state index >= 15 is 0 Å². The molecule has 0 heterocycles. The van der Waals surface area contributed by atoms with Gasteiger partial charge in [0.2, 0.25) is 0 Å². The van der Waals surface area contributed by atoms with E-state index in [0.717, 1.165) is 19.3 Å². The van der Waals surface area contributed by atoms with Crippen molar-refractivity contribution in [2.24, 2.45) is 0 Å². The van der Waals surface area contributed by atoms with E-state index in [1.165, 1.54) is 12.1 Å². The molecule has 0 N–H and O–H groups in total. The van der Waals surface area contributed by atoms with Gasteiger partial charge in [0.05, 0.1) is 37.9 Å². The molecule has 0 spiro atoms. The predicted molar refractivity (Wildman–Crippen MR) is 96.3 cm³/mol. The van der Waals surface area contributed by atoms with Gasteiger partial charge in [-0.1, -0.05) is 38.0 Å². The lowest BCUT2D eigenvalue weighted by atomic mass is 10.2. The molecule has 0 atom stereocenters. The summed E-state index contributed by atoms with van der Waals surface area (Å²) < 4.78 is 44.1. The summed E-state index contributed by atoms with van der Waals surface area (Å²) in [6, 6.07) is 7.94. The number of benzene rings is 1. The van der Waals surface area contributed by atoms with Crippen molar-refractivity contribution in [1.29, 1.82) is 0 Å². The van der Waals surface area contributed by atoms with Crippen molar-refractivity contribution in [3.05, 3.63) is 30.3 Å². The van der Waals surface area contributed by atoms with Crippen LogP contribution in [0.15, 0.2) is 35.2 Å². The van der Waals surface area contributed by atoms with Gasteiger partial charge >= 0.3 is 5.97 Å². The summed E-state index contributed by atoms with van der Waals surface area (Å²) in [6.45, 7) is 3.33. The molecule has 148 valence electrons. The van der Waals surface area contributed by atoms with Gasteiger partial charge in [0.15, 0.2) is 0 Å². The lowest BCUT2D eigenvalue weighted by Gasteiger charge is -2.08. The molecule has 1 aromatic rings. The number of esters is 1. The van der Waals surface area contributed by atoms with Gasteiger partial charge in [-0.15, -0.1) is 0 Å². The standard InChI is InChI=1S/C18H28O7S/c1-2-3-5-10-18(19)24-15-13-22-11-12-23-14-16-25-26(20,21)17-8-6-4-7-9-17/h4,6-9H,2-3,5,10-16H2,1H3. The van der Waals surface area contributed by atoms with E-state index in [9.17, 15) is 13.2 Å². The first-order valence-electron chi connectivity index (χ1n) is 8.82. The number of carbonyl (C=O) groups is 1. The topological polar surface area (TPSA) is 88.1 Å². The average molecular weight is 388 g/mol. The molecule has 1 rings (SSSR count). The van der Waals surface area contributed by atoms with E-state index in [0.29, 0.717) is 26.2 Å². The summed E-state index contributed by atoms with van der Waals surface area (Å²) in [6.07, 6.45) is 3.40. The molecule has 0 bridgehead atoms. The average Bonchev–Trinajstić information content (AvgIpc) is 2.64. The minimum absolute atomic E-state index is 0.0629. The Balaban J connectivity index is 1.94. The van der Waals surface area contributed by atoms with E-state index in [4.69, 9.17) is 18.4 Å². The Morgan fingerprint density at radius 1 is 0.885 bits per heavy atom. The molecule has 7 nitrogen and oxygen atoms in total. The van der Waals surface area contributed by atoms with Gasteiger partial charge in [0.25, 0.3) is 10.1 Å². The van der Waals surface area contributed by atoms with Crippen LogP contribution in [0.4, 0.5) is 0 Å². The summed E-state index contributed by atoms with van der Waals surface area (Å²) in [7, 11) is -3.74. The second kappa shape index (κ2) is 13.7. The fraction of sp³-hybridized carbons (Fsp3) is 0.611. The first-order chi connectivity index (χ1) is 12.6. The zero-order valence-electron chi connectivity index (χ0n) is 15.2. The van der Waals surface area contributed by atoms with Crippen LogP contribution in [0.5, 0.6) is 0 Å². The van der Waals surface area contributed by atoms with Crippen LogP contribution in [0.2, 0.25) is 0 Å². The summed E-state index contributed by atoms with van der Waals surface area (Å²) >= 11 is 0. The molecule has 0 fully saturated rings. The summed E-state index contributed by atoms with van der Waals surface area (Å²) in [4.78, 5) is 11.5. The molecule has 0 saturated heterocycles. The predicted octanol–water partition coefficient (Wildman–Crippen LogP) is 2.55. The summed E-state index contributed by atoms with van der Waals surface area (Å²) in [5, 5.41) is 0. The normalized spacial score (nSPS) is 11.4. The zero-order chi connectivity index (χ0) is 19.1. The van der Waals surface area contributed by atoms with E-state index < -0.39 is 10.1 Å². The molecule has 26 heavy (non-hydrogen) atoms. The number of ether oxygens (including phenoxy) is 3. The molecule has 0 amide bonds. The van der Waals surface area contributed by atoms with E-state index in [1.54, 1.807) is 18.2 Å². The Morgan fingerprint density at radius 2 is 1.50 bits per heavy atom. The van der Waals surface area contributed by atoms with Crippen LogP contribution in [-0.4, -0.2) is 54.0 Å². The van der Waals surface area contributed by atoms with Crippen LogP contribution >= 0.6 is 0 Å². The highest BCUT2D eigenvalue weighted by Crippen LogP contribution is 2.10. The largest absolute Gasteiger partial charge is 0.463 e. The van der Waals surface area contributed by atoms with Crippen molar-refractivity contribution < 1.29 is 31.6 Å². The van der Waals surface area contributed by atoms with Gasteiger partial charge in [0.1, 0.15) is 6.61 Å². The van der Waals surface area contributed by atoms with Crippen LogP contribution in [0, 0.1) is 0 Å². The van der Waals surface area contributed by atoms with Gasteiger partial charge in [-0.2, -0.15) is 8.42 Å². The van der Waals surface area contributed by atoms with Crippen molar-refractivity contribution >= 4 is 16.1 Å². The van der Waals surface area contributed by atoms with Crippen molar-refractivity contribution in [3.63, 3.8) is 0 Å². The Kier molecular flexibility index (Phi) is 11.9. The van der Waals surface area contributed by atoms with Crippen molar-refractivity contribution in [1.82, 2.24) is 0 Å². The lowest BCUT2D eigenvalue weighted by Crippen LogP contribution is -2.15. The molecule has 0 aromatic heterocycles. The number of carbonyl (C=O) groups excluding carboxylic acids is 1. The van der Waals surface area contributed by atoms with Gasteiger partial charge in [-0.3, -0.25) is 8.98 Å². The third-order valence-corrected chi connectivity index (χ3v) is 4.67. The highest BCUT2D eigenvalue weighted by Gasteiger charge is 2.13. The Hall–Kier alpha value is -1.48. The highest BCUT2D eigenvalue weighted by molar-refractivity contribution is 7.86. The third-order valence-electron chi connectivity index (χ3n) is 3.35. The van der Waals surface area contributed by atoms with Gasteiger partial charge < -0.3 is 14.2 Å². The fourth-order valence-corrected chi connectivity index (χ4v) is 2.90. The monoisotopic (exact) mass is 388 g/mol. The second-order valence-electron chi connectivity index (χ2n) is 5.49. The van der Waals surface area contributed by atoms with Gasteiger partial charge in [-0.05, 0) is 18.6 Å². The minimum atomic E-state index is -3.74. The maximum atomic E-state index is 11.8. The fourth-order valence-electron chi connectivity index (χ4n) is 1.99. The molecule has 0 radical (unpaired) electrons. The van der Waals surface area contributed by atoms with Crippen molar-refractivity contribution in [2.75, 3.05) is 39.6 Å². The van der Waals surface area contributed by atoms with Crippen LogP contribution < -0.4 is 0 Å². The molecule has 0 saturated carbocycles. The summed E-state index contributed by atoms with van der Waals surface area (Å²) in [5.74, 6) is -0.199. The number of hydrogen-bond donors (Lipinski definition) is 0. The van der Waals surface area contributed by atoms with Crippen molar-refractivity contribution in [2.45, 2.75) is 37.5 Å². The van der Waals surface area contributed by atoms with Crippen LogP contribution in [0.1, 0.15) is 32.6 Å². The number of rotatable bonds is 15. The molecular formula is C18H28O7S. The molecular weight excluding hydrogens is 360 g/mol. The first kappa shape index (κ1) is 22.6. The molecule has 0 aliphatic rings. The Morgan fingerprint density at radius 3 is 2.15 bits per heavy atom. The number of hydrogen-bond acceptors (Lipinski definition) is 7. The smallest absolute Gasteiger partial charge is 0.305 e. The zero-order valence-corrected chi connectivity index (χ0v) is 16.0. The molecule has 0 aliphatic heterocycles. The van der Waals surface area contributed by atoms with E-state index in [1.807, 2.05) is 0 Å². The molecule has 0 aliphatic carbocycles. The quantitative estimate of drug-likeness (QED) is 0.259. The lowest BCUT2D eigenvalue weighted by molar-refractivity contribution is -0.145. The Labute approximate surface area is 155 Å². The highest BCUT2D eigenvalue weighted by atomic mass is 32.2. The van der Waals surface area contributed by atoms with Crippen LogP contribution in [0.3, 0.4) is 0 Å². The minimum Gasteiger partial charge on any atom is -0.463 e. The summed E-state index contributed by atoms with van der Waals surface area (Å²) in [5.41, 5.74) is 0. The maximum Gasteiger partial charge on any atom is 0.305 e. The molecule has 1 aromatic carbocycles. The van der Waals surface area contributed by atoms with Crippen molar-refractivity contribution in [3.8, 4) is 0 Å². The Bertz CT molecular complexity index is 587. The van der Waals surface area contributed by atoms with E-state index in [2.05, 4.69) is 6.92 Å². The number of unbranched alkanes of at least 4 members (excludes halogenated alkanes) is 2. The van der Waals surface area contributed by atoms with Gasteiger partial charge in [0, 0.05) is 6.42 Å². The van der Waals surface area contributed by atoms with Gasteiger partial charge in [-0.25, -0.2) is 0 Å².